The maximum absolute atomic E-state index is 8.98. The van der Waals surface area contributed by atoms with Crippen LogP contribution in [0.25, 0.3) is 27.7 Å². The second-order valence-electron chi connectivity index (χ2n) is 7.99. The molecule has 7 heteroatoms. The Kier molecular flexibility index (Phi) is 4.87. The molecule has 0 unspecified atom stereocenters. The molecule has 0 aliphatic heterocycles. The molecule has 5 rings (SSSR count). The molecule has 0 spiro atoms. The number of aromatic nitrogens is 4. The molecule has 0 bridgehead atoms. The number of halogens is 1. The topological polar surface area (TPSA) is 92.9 Å². The summed E-state index contributed by atoms with van der Waals surface area (Å²) in [5.41, 5.74) is 11.0. The molecule has 0 amide bonds. The third kappa shape index (κ3) is 3.21. The van der Waals surface area contributed by atoms with Crippen LogP contribution in [-0.4, -0.2) is 19.6 Å². The highest BCUT2D eigenvalue weighted by Gasteiger charge is 2.27. The van der Waals surface area contributed by atoms with Gasteiger partial charge in [0.25, 0.3) is 0 Å². The Morgan fingerprint density at radius 2 is 1.97 bits per heavy atom. The van der Waals surface area contributed by atoms with Crippen LogP contribution in [0.5, 0.6) is 0 Å². The van der Waals surface area contributed by atoms with Crippen molar-refractivity contribution in [2.24, 2.45) is 5.92 Å². The summed E-state index contributed by atoms with van der Waals surface area (Å²) in [5, 5.41) is 14.6. The average Bonchev–Trinajstić information content (AvgIpc) is 3.21. The van der Waals surface area contributed by atoms with Crippen molar-refractivity contribution < 1.29 is 0 Å². The zero-order valence-corrected chi connectivity index (χ0v) is 18.0. The van der Waals surface area contributed by atoms with E-state index in [2.05, 4.69) is 44.2 Å². The number of anilines is 1. The van der Waals surface area contributed by atoms with E-state index in [9.17, 15) is 0 Å². The Labute approximate surface area is 182 Å². The number of pyridine rings is 1. The van der Waals surface area contributed by atoms with Gasteiger partial charge in [-0.3, -0.25) is 4.98 Å². The highest BCUT2D eigenvalue weighted by Crippen LogP contribution is 2.41. The molecule has 3 heterocycles. The van der Waals surface area contributed by atoms with E-state index in [1.54, 1.807) is 4.52 Å². The summed E-state index contributed by atoms with van der Waals surface area (Å²) in [6, 6.07) is 12.5. The van der Waals surface area contributed by atoms with Gasteiger partial charge >= 0.3 is 0 Å². The Balaban J connectivity index is 1.57. The van der Waals surface area contributed by atoms with Gasteiger partial charge in [-0.15, -0.1) is 0 Å². The zero-order chi connectivity index (χ0) is 20.7. The first-order valence-electron chi connectivity index (χ1n) is 10.2. The van der Waals surface area contributed by atoms with E-state index in [4.69, 9.17) is 16.0 Å². The molecule has 0 radical (unpaired) electrons. The van der Waals surface area contributed by atoms with Crippen LogP contribution in [0.2, 0.25) is 0 Å². The molecule has 3 aromatic heterocycles. The summed E-state index contributed by atoms with van der Waals surface area (Å²) >= 11 is 3.67. The molecule has 4 aromatic rings. The van der Waals surface area contributed by atoms with Gasteiger partial charge in [0.05, 0.1) is 27.9 Å². The lowest BCUT2D eigenvalue weighted by atomic mass is 9.79. The van der Waals surface area contributed by atoms with Crippen LogP contribution < -0.4 is 5.73 Å². The van der Waals surface area contributed by atoms with E-state index in [1.807, 2.05) is 30.6 Å². The van der Waals surface area contributed by atoms with Gasteiger partial charge < -0.3 is 5.73 Å². The van der Waals surface area contributed by atoms with Gasteiger partial charge in [0.15, 0.2) is 5.65 Å². The minimum Gasteiger partial charge on any atom is -0.383 e. The van der Waals surface area contributed by atoms with Crippen molar-refractivity contribution in [3.05, 3.63) is 52.9 Å². The molecule has 30 heavy (non-hydrogen) atoms. The van der Waals surface area contributed by atoms with Crippen molar-refractivity contribution in [2.75, 3.05) is 5.73 Å². The van der Waals surface area contributed by atoms with Crippen molar-refractivity contribution in [2.45, 2.75) is 38.0 Å². The lowest BCUT2D eigenvalue weighted by Crippen LogP contribution is -2.16. The number of nitrogens with zero attached hydrogens (tertiary/aromatic N) is 5. The van der Waals surface area contributed by atoms with Gasteiger partial charge in [0.1, 0.15) is 5.82 Å². The fourth-order valence-electron chi connectivity index (χ4n) is 4.47. The first kappa shape index (κ1) is 19.0. The number of hydrogen-bond donors (Lipinski definition) is 1. The lowest BCUT2D eigenvalue weighted by molar-refractivity contribution is 0.326. The van der Waals surface area contributed by atoms with E-state index in [-0.39, 0.29) is 0 Å². The number of fused-ring (bicyclic) bond motifs is 2. The van der Waals surface area contributed by atoms with E-state index >= 15 is 0 Å². The van der Waals surface area contributed by atoms with Crippen LogP contribution in [-0.2, 0) is 0 Å². The molecule has 1 saturated carbocycles. The predicted octanol–water partition coefficient (Wildman–Crippen LogP) is 5.48. The Bertz CT molecular complexity index is 1280. The van der Waals surface area contributed by atoms with Crippen LogP contribution in [0.15, 0.2) is 47.2 Å². The van der Waals surface area contributed by atoms with Gasteiger partial charge in [-0.1, -0.05) is 18.2 Å². The molecule has 150 valence electrons. The Morgan fingerprint density at radius 1 is 1.17 bits per heavy atom. The number of hydrogen-bond acceptors (Lipinski definition) is 5. The summed E-state index contributed by atoms with van der Waals surface area (Å²) in [6.45, 7) is 0. The normalized spacial score (nSPS) is 19.2. The van der Waals surface area contributed by atoms with E-state index in [1.165, 1.54) is 0 Å². The molecular formula is C23H21BrN6. The molecule has 1 aliphatic carbocycles. The molecule has 0 atom stereocenters. The van der Waals surface area contributed by atoms with Crippen LogP contribution in [0.4, 0.5) is 5.82 Å². The average molecular weight is 461 g/mol. The van der Waals surface area contributed by atoms with Gasteiger partial charge in [-0.25, -0.2) is 4.98 Å². The summed E-state index contributed by atoms with van der Waals surface area (Å²) in [4.78, 5) is 9.62. The minimum absolute atomic E-state index is 0.332. The molecule has 6 nitrogen and oxygen atoms in total. The monoisotopic (exact) mass is 460 g/mol. The predicted molar refractivity (Wildman–Crippen MR) is 121 cm³/mol. The second-order valence-corrected chi connectivity index (χ2v) is 8.78. The largest absolute Gasteiger partial charge is 0.383 e. The van der Waals surface area contributed by atoms with Gasteiger partial charge in [-0.2, -0.15) is 14.9 Å². The van der Waals surface area contributed by atoms with Crippen molar-refractivity contribution in [3.8, 4) is 17.2 Å². The van der Waals surface area contributed by atoms with Gasteiger partial charge in [-0.05, 0) is 59.7 Å². The molecule has 1 fully saturated rings. The molecule has 1 aliphatic rings. The molecule has 2 N–H and O–H groups in total. The molecule has 0 saturated heterocycles. The minimum atomic E-state index is 0.332. The van der Waals surface area contributed by atoms with Crippen LogP contribution >= 0.6 is 15.9 Å². The Hall–Kier alpha value is -2.98. The first-order chi connectivity index (χ1) is 14.7. The standard InChI is InChI=1S/C23H21BrN6/c24-20-21(15-7-5-14(6-8-15)9-10-25)29-23-18(13-28-30(23)22(20)26)17-11-16-3-1-2-4-19(16)27-12-17/h1-4,11-15H,5-9,26H2. The number of para-hydroxylation sites is 1. The quantitative estimate of drug-likeness (QED) is 0.436. The first-order valence-corrected chi connectivity index (χ1v) is 11.0. The second kappa shape index (κ2) is 7.69. The number of nitriles is 1. The highest BCUT2D eigenvalue weighted by molar-refractivity contribution is 9.10. The van der Waals surface area contributed by atoms with Crippen LogP contribution in [0.3, 0.4) is 0 Å². The number of nitrogen functional groups attached to an aromatic ring is 1. The fourth-order valence-corrected chi connectivity index (χ4v) is 5.06. The van der Waals surface area contributed by atoms with Crippen molar-refractivity contribution in [3.63, 3.8) is 0 Å². The Morgan fingerprint density at radius 3 is 2.77 bits per heavy atom. The van der Waals surface area contributed by atoms with E-state index < -0.39 is 0 Å². The van der Waals surface area contributed by atoms with Crippen molar-refractivity contribution >= 4 is 38.3 Å². The number of rotatable bonds is 3. The summed E-state index contributed by atoms with van der Waals surface area (Å²) in [7, 11) is 0. The van der Waals surface area contributed by atoms with Crippen LogP contribution in [0, 0.1) is 17.2 Å². The SMILES string of the molecule is N#CCC1CCC(c2nc3c(-c4cnc5ccccc5c4)cnn3c(N)c2Br)CC1. The third-order valence-electron chi connectivity index (χ3n) is 6.16. The number of benzene rings is 1. The van der Waals surface area contributed by atoms with Crippen molar-refractivity contribution in [1.82, 2.24) is 19.6 Å². The van der Waals surface area contributed by atoms with Crippen LogP contribution in [0.1, 0.15) is 43.7 Å². The third-order valence-corrected chi connectivity index (χ3v) is 6.98. The highest BCUT2D eigenvalue weighted by atomic mass is 79.9. The maximum Gasteiger partial charge on any atom is 0.165 e. The van der Waals surface area contributed by atoms with Gasteiger partial charge in [0.2, 0.25) is 0 Å². The summed E-state index contributed by atoms with van der Waals surface area (Å²) in [6.07, 6.45) is 8.47. The molecular weight excluding hydrogens is 440 g/mol. The summed E-state index contributed by atoms with van der Waals surface area (Å²) in [5.74, 6) is 1.40. The van der Waals surface area contributed by atoms with E-state index in [0.29, 0.717) is 24.1 Å². The van der Waals surface area contributed by atoms with E-state index in [0.717, 1.165) is 63.5 Å². The fraction of sp³-hybridized carbons (Fsp3) is 0.304. The number of nitrogens with two attached hydrogens (primary N) is 1. The zero-order valence-electron chi connectivity index (χ0n) is 16.4. The molecule has 1 aromatic carbocycles. The maximum atomic E-state index is 8.98. The van der Waals surface area contributed by atoms with Crippen molar-refractivity contribution in [1.29, 1.82) is 5.26 Å². The van der Waals surface area contributed by atoms with Gasteiger partial charge in [0, 0.05) is 35.0 Å². The summed E-state index contributed by atoms with van der Waals surface area (Å²) < 4.78 is 2.52. The lowest BCUT2D eigenvalue weighted by Gasteiger charge is -2.27. The smallest absolute Gasteiger partial charge is 0.165 e.